The molecule has 1 saturated heterocycles. The second-order valence-electron chi connectivity index (χ2n) is 10.2. The molecule has 2 aliphatic rings. The largest absolute Gasteiger partial charge is 0.351 e. The van der Waals surface area contributed by atoms with E-state index in [-0.39, 0.29) is 17.5 Å². The van der Waals surface area contributed by atoms with Crippen molar-refractivity contribution < 1.29 is 9.18 Å². The van der Waals surface area contributed by atoms with Crippen molar-refractivity contribution >= 4 is 34.5 Å². The molecule has 1 amide bonds. The number of hydrogen-bond acceptors (Lipinski definition) is 5. The summed E-state index contributed by atoms with van der Waals surface area (Å²) >= 11 is 6.44. The van der Waals surface area contributed by atoms with E-state index in [0.29, 0.717) is 69.3 Å². The molecular weight excluding hydrogens is 529 g/mol. The van der Waals surface area contributed by atoms with Crippen LogP contribution in [0.4, 0.5) is 10.3 Å². The first-order valence-corrected chi connectivity index (χ1v) is 13.4. The van der Waals surface area contributed by atoms with Gasteiger partial charge >= 0.3 is 0 Å². The van der Waals surface area contributed by atoms with E-state index in [1.807, 2.05) is 41.3 Å². The van der Waals surface area contributed by atoms with Crippen LogP contribution >= 0.6 is 11.6 Å². The average Bonchev–Trinajstić information content (AvgIpc) is 3.40. The van der Waals surface area contributed by atoms with Gasteiger partial charge < -0.3 is 10.2 Å². The fraction of sp³-hybridized carbons (Fsp3) is 0.161. The van der Waals surface area contributed by atoms with Crippen LogP contribution in [0.5, 0.6) is 0 Å². The molecule has 7 nitrogen and oxygen atoms in total. The van der Waals surface area contributed by atoms with E-state index in [4.69, 9.17) is 16.6 Å². The summed E-state index contributed by atoms with van der Waals surface area (Å²) in [5.41, 5.74) is 2.24. The van der Waals surface area contributed by atoms with E-state index in [0.717, 1.165) is 0 Å². The van der Waals surface area contributed by atoms with E-state index in [9.17, 15) is 14.0 Å². The first-order chi connectivity index (χ1) is 19.5. The highest BCUT2D eigenvalue weighted by Crippen LogP contribution is 2.47. The van der Waals surface area contributed by atoms with Crippen LogP contribution in [0.2, 0.25) is 5.02 Å². The third-order valence-electron chi connectivity index (χ3n) is 7.79. The number of amides is 1. The number of pyridine rings is 1. The Morgan fingerprint density at radius 3 is 2.35 bits per heavy atom. The molecule has 2 unspecified atom stereocenters. The molecule has 0 radical (unpaired) electrons. The number of halogens is 2. The van der Waals surface area contributed by atoms with Crippen LogP contribution in [0.25, 0.3) is 27.8 Å². The highest BCUT2D eigenvalue weighted by atomic mass is 35.5. The number of fused-ring (bicyclic) bond motifs is 2. The van der Waals surface area contributed by atoms with Gasteiger partial charge in [0, 0.05) is 64.3 Å². The molecule has 2 fully saturated rings. The molecule has 1 N–H and O–H groups in total. The summed E-state index contributed by atoms with van der Waals surface area (Å²) < 4.78 is 15.2. The van der Waals surface area contributed by atoms with Gasteiger partial charge in [-0.3, -0.25) is 14.2 Å². The molecule has 5 aromatic rings. The van der Waals surface area contributed by atoms with Crippen molar-refractivity contribution in [3.63, 3.8) is 0 Å². The van der Waals surface area contributed by atoms with E-state index in [1.165, 1.54) is 16.7 Å². The SMILES string of the molecule is O=C(c1ccccc1)N1CC2C(C1)C2Nc1ncc2cc(-c3ccccc3Cl)c(=O)n(-c3ccc(F)cc3)c2n1. The van der Waals surface area contributed by atoms with E-state index in [1.54, 1.807) is 42.6 Å². The maximum Gasteiger partial charge on any atom is 0.264 e. The Kier molecular flexibility index (Phi) is 5.86. The minimum Gasteiger partial charge on any atom is -0.351 e. The Labute approximate surface area is 233 Å². The summed E-state index contributed by atoms with van der Waals surface area (Å²) in [5.74, 6) is 0.669. The zero-order chi connectivity index (χ0) is 27.4. The summed E-state index contributed by atoms with van der Waals surface area (Å²) in [6.45, 7) is 1.34. The number of aromatic nitrogens is 3. The molecule has 3 heterocycles. The van der Waals surface area contributed by atoms with Gasteiger partial charge in [0.15, 0.2) is 5.65 Å². The normalized spacial score (nSPS) is 19.4. The van der Waals surface area contributed by atoms with Crippen LogP contribution in [0.15, 0.2) is 95.9 Å². The Morgan fingerprint density at radius 2 is 1.62 bits per heavy atom. The van der Waals surface area contributed by atoms with Gasteiger partial charge in [-0.05, 0) is 48.5 Å². The molecule has 1 aliphatic heterocycles. The number of nitrogens with one attached hydrogen (secondary N) is 1. The van der Waals surface area contributed by atoms with Crippen LogP contribution in [-0.2, 0) is 0 Å². The Hall–Kier alpha value is -4.56. The number of piperidine rings is 1. The van der Waals surface area contributed by atoms with Crippen molar-refractivity contribution in [1.29, 1.82) is 0 Å². The molecule has 2 atom stereocenters. The smallest absolute Gasteiger partial charge is 0.264 e. The lowest BCUT2D eigenvalue weighted by atomic mass is 10.1. The standard InChI is InChI=1S/C31H23ClFN5O2/c32-26-9-5-4-8-22(26)23-14-19-15-34-31(36-28(19)38(30(23)40)21-12-10-20(33)11-13-21)35-27-24-16-37(17-25(24)27)29(39)18-6-2-1-3-7-18/h1-15,24-25,27H,16-17H2,(H,34,35,36). The fourth-order valence-electron chi connectivity index (χ4n) is 5.69. The lowest BCUT2D eigenvalue weighted by Gasteiger charge is -2.20. The predicted molar refractivity (Wildman–Crippen MR) is 152 cm³/mol. The molecular formula is C31H23ClFN5O2. The number of nitrogens with zero attached hydrogens (tertiary/aromatic N) is 4. The number of benzene rings is 3. The molecule has 0 spiro atoms. The summed E-state index contributed by atoms with van der Waals surface area (Å²) in [7, 11) is 0. The predicted octanol–water partition coefficient (Wildman–Crippen LogP) is 5.42. The van der Waals surface area contributed by atoms with Gasteiger partial charge in [0.05, 0.1) is 5.69 Å². The highest BCUT2D eigenvalue weighted by molar-refractivity contribution is 6.33. The van der Waals surface area contributed by atoms with Gasteiger partial charge in [-0.15, -0.1) is 0 Å². The van der Waals surface area contributed by atoms with Gasteiger partial charge in [-0.1, -0.05) is 48.0 Å². The molecule has 7 rings (SSSR count). The van der Waals surface area contributed by atoms with Crippen molar-refractivity contribution in [3.8, 4) is 16.8 Å². The zero-order valence-corrected chi connectivity index (χ0v) is 21.9. The van der Waals surface area contributed by atoms with Gasteiger partial charge in [-0.25, -0.2) is 9.37 Å². The second-order valence-corrected chi connectivity index (χ2v) is 10.6. The van der Waals surface area contributed by atoms with Crippen molar-refractivity contribution in [2.75, 3.05) is 18.4 Å². The van der Waals surface area contributed by atoms with Crippen molar-refractivity contribution in [2.24, 2.45) is 11.8 Å². The summed E-state index contributed by atoms with van der Waals surface area (Å²) in [5, 5.41) is 4.50. The Bertz CT molecular complexity index is 1810. The molecule has 1 aliphatic carbocycles. The van der Waals surface area contributed by atoms with Crippen molar-refractivity contribution in [2.45, 2.75) is 6.04 Å². The Balaban J connectivity index is 1.20. The lowest BCUT2D eigenvalue weighted by molar-refractivity contribution is 0.0774. The van der Waals surface area contributed by atoms with Gasteiger partial charge in [-0.2, -0.15) is 4.98 Å². The number of likely N-dealkylation sites (tertiary alicyclic amines) is 1. The first kappa shape index (κ1) is 24.5. The summed E-state index contributed by atoms with van der Waals surface area (Å²) in [6, 6.07) is 24.0. The number of rotatable bonds is 5. The maximum atomic E-state index is 13.8. The Morgan fingerprint density at radius 1 is 0.925 bits per heavy atom. The third-order valence-corrected chi connectivity index (χ3v) is 8.12. The topological polar surface area (TPSA) is 80.1 Å². The summed E-state index contributed by atoms with van der Waals surface area (Å²) in [4.78, 5) is 37.8. The van der Waals surface area contributed by atoms with Gasteiger partial charge in [0.1, 0.15) is 5.82 Å². The molecule has 0 bridgehead atoms. The van der Waals surface area contributed by atoms with Crippen LogP contribution in [0.1, 0.15) is 10.4 Å². The van der Waals surface area contributed by atoms with E-state index >= 15 is 0 Å². The fourth-order valence-corrected chi connectivity index (χ4v) is 5.92. The maximum absolute atomic E-state index is 13.8. The lowest BCUT2D eigenvalue weighted by Crippen LogP contribution is -2.33. The van der Waals surface area contributed by atoms with E-state index < -0.39 is 5.82 Å². The first-order valence-electron chi connectivity index (χ1n) is 13.0. The van der Waals surface area contributed by atoms with Crippen LogP contribution in [0.3, 0.4) is 0 Å². The minimum atomic E-state index is -0.402. The minimum absolute atomic E-state index is 0.0474. The molecule has 198 valence electrons. The van der Waals surface area contributed by atoms with Crippen molar-refractivity contribution in [3.05, 3.63) is 118 Å². The van der Waals surface area contributed by atoms with Crippen molar-refractivity contribution in [1.82, 2.24) is 19.4 Å². The molecule has 40 heavy (non-hydrogen) atoms. The van der Waals surface area contributed by atoms with E-state index in [2.05, 4.69) is 10.3 Å². The molecule has 3 aromatic carbocycles. The number of anilines is 1. The highest BCUT2D eigenvalue weighted by Gasteiger charge is 2.57. The second kappa shape index (κ2) is 9.57. The number of hydrogen-bond donors (Lipinski definition) is 1. The van der Waals surface area contributed by atoms with Gasteiger partial charge in [0.2, 0.25) is 5.95 Å². The zero-order valence-electron chi connectivity index (χ0n) is 21.2. The molecule has 1 saturated carbocycles. The summed E-state index contributed by atoms with van der Waals surface area (Å²) in [6.07, 6.45) is 1.67. The third kappa shape index (κ3) is 4.21. The number of carbonyl (C=O) groups excluding carboxylic acids is 1. The number of carbonyl (C=O) groups is 1. The monoisotopic (exact) mass is 551 g/mol. The quantitative estimate of drug-likeness (QED) is 0.315. The van der Waals surface area contributed by atoms with Crippen LogP contribution in [-0.4, -0.2) is 44.5 Å². The van der Waals surface area contributed by atoms with Gasteiger partial charge in [0.25, 0.3) is 11.5 Å². The van der Waals surface area contributed by atoms with Crippen LogP contribution < -0.4 is 10.9 Å². The molecule has 9 heteroatoms. The average molecular weight is 552 g/mol. The molecule has 2 aromatic heterocycles. The van der Waals surface area contributed by atoms with Crippen LogP contribution in [0, 0.1) is 17.7 Å².